The van der Waals surface area contributed by atoms with E-state index < -0.39 is 0 Å². The Balaban J connectivity index is 2.05. The van der Waals surface area contributed by atoms with Crippen molar-refractivity contribution in [1.29, 1.82) is 0 Å². The summed E-state index contributed by atoms with van der Waals surface area (Å²) in [6.45, 7) is 2.02. The van der Waals surface area contributed by atoms with E-state index in [9.17, 15) is 0 Å². The number of hydrogen-bond acceptors (Lipinski definition) is 2. The Hall–Kier alpha value is -0.990. The van der Waals surface area contributed by atoms with E-state index in [1.54, 1.807) is 0 Å². The van der Waals surface area contributed by atoms with Gasteiger partial charge in [-0.1, -0.05) is 0 Å². The maximum Gasteiger partial charge on any atom is 0.124 e. The zero-order valence-corrected chi connectivity index (χ0v) is 7.67. The lowest BCUT2D eigenvalue weighted by Gasteiger charge is -2.27. The van der Waals surface area contributed by atoms with E-state index >= 15 is 0 Å². The third-order valence-corrected chi connectivity index (χ3v) is 2.46. The Morgan fingerprint density at radius 1 is 1.58 bits per heavy atom. The highest BCUT2D eigenvalue weighted by molar-refractivity contribution is 5.38. The highest BCUT2D eigenvalue weighted by Crippen LogP contribution is 2.22. The molecule has 66 valence electrons. The van der Waals surface area contributed by atoms with Crippen molar-refractivity contribution in [2.75, 3.05) is 5.32 Å². The van der Waals surface area contributed by atoms with Gasteiger partial charge in [0.2, 0.25) is 0 Å². The van der Waals surface area contributed by atoms with Crippen LogP contribution in [0.3, 0.4) is 0 Å². The lowest BCUT2D eigenvalue weighted by molar-refractivity contribution is 0.442. The molecular weight excluding hydrogens is 150 g/mol. The van der Waals surface area contributed by atoms with Gasteiger partial charge in [-0.3, -0.25) is 4.68 Å². The van der Waals surface area contributed by atoms with Crippen molar-refractivity contribution in [3.8, 4) is 0 Å². The topological polar surface area (TPSA) is 29.9 Å². The minimum atomic E-state index is 0.694. The number of nitrogens with one attached hydrogen (secondary N) is 1. The highest BCUT2D eigenvalue weighted by atomic mass is 15.3. The van der Waals surface area contributed by atoms with E-state index in [4.69, 9.17) is 0 Å². The molecule has 1 aliphatic carbocycles. The summed E-state index contributed by atoms with van der Waals surface area (Å²) in [6, 6.07) is 2.79. The third-order valence-electron chi connectivity index (χ3n) is 2.46. The molecule has 1 saturated carbocycles. The number of aromatic nitrogens is 2. The van der Waals surface area contributed by atoms with E-state index in [-0.39, 0.29) is 0 Å². The number of anilines is 1. The van der Waals surface area contributed by atoms with Crippen molar-refractivity contribution in [3.05, 3.63) is 11.8 Å². The molecule has 0 aromatic carbocycles. The Labute approximate surface area is 72.8 Å². The van der Waals surface area contributed by atoms with Gasteiger partial charge in [0.25, 0.3) is 0 Å². The molecule has 0 radical (unpaired) electrons. The van der Waals surface area contributed by atoms with Gasteiger partial charge in [0.05, 0.1) is 5.69 Å². The third kappa shape index (κ3) is 1.31. The van der Waals surface area contributed by atoms with Crippen LogP contribution >= 0.6 is 0 Å². The smallest absolute Gasteiger partial charge is 0.124 e. The standard InChI is InChI=1S/C9H15N3/c1-7-6-9(12(2)11-7)10-8-4-3-5-8/h6,8,10H,3-5H2,1-2H3. The van der Waals surface area contributed by atoms with E-state index in [0.717, 1.165) is 11.5 Å². The predicted octanol–water partition coefficient (Wildman–Crippen LogP) is 1.69. The SMILES string of the molecule is Cc1cc(NC2CCC2)n(C)n1. The second-order valence-corrected chi connectivity index (χ2v) is 3.57. The second-order valence-electron chi connectivity index (χ2n) is 3.57. The molecule has 1 heterocycles. The molecule has 3 heteroatoms. The van der Waals surface area contributed by atoms with Gasteiger partial charge in [-0.05, 0) is 26.2 Å². The van der Waals surface area contributed by atoms with Gasteiger partial charge < -0.3 is 5.32 Å². The maximum absolute atomic E-state index is 4.28. The lowest BCUT2D eigenvalue weighted by atomic mass is 9.93. The summed E-state index contributed by atoms with van der Waals surface area (Å²) in [5.74, 6) is 1.15. The first-order chi connectivity index (χ1) is 5.75. The van der Waals surface area contributed by atoms with Crippen LogP contribution in [0.4, 0.5) is 5.82 Å². The van der Waals surface area contributed by atoms with Crippen molar-refractivity contribution < 1.29 is 0 Å². The number of nitrogens with zero attached hydrogens (tertiary/aromatic N) is 2. The average molecular weight is 165 g/mol. The molecule has 12 heavy (non-hydrogen) atoms. The fourth-order valence-corrected chi connectivity index (χ4v) is 1.51. The van der Waals surface area contributed by atoms with Crippen molar-refractivity contribution >= 4 is 5.82 Å². The summed E-state index contributed by atoms with van der Waals surface area (Å²) in [6.07, 6.45) is 3.99. The van der Waals surface area contributed by atoms with Crippen LogP contribution in [-0.4, -0.2) is 15.8 Å². The Bertz CT molecular complexity index is 273. The zero-order valence-electron chi connectivity index (χ0n) is 7.67. The monoisotopic (exact) mass is 165 g/mol. The van der Waals surface area contributed by atoms with E-state index in [1.807, 2.05) is 18.7 Å². The van der Waals surface area contributed by atoms with Crippen LogP contribution in [0.1, 0.15) is 25.0 Å². The van der Waals surface area contributed by atoms with E-state index in [2.05, 4.69) is 16.5 Å². The van der Waals surface area contributed by atoms with Gasteiger partial charge in [0.15, 0.2) is 0 Å². The largest absolute Gasteiger partial charge is 0.368 e. The van der Waals surface area contributed by atoms with Gasteiger partial charge in [-0.15, -0.1) is 0 Å². The number of rotatable bonds is 2. The molecule has 1 aromatic heterocycles. The van der Waals surface area contributed by atoms with Crippen LogP contribution in [0.15, 0.2) is 6.07 Å². The summed E-state index contributed by atoms with van der Waals surface area (Å²) in [5, 5.41) is 7.74. The molecule has 1 N–H and O–H groups in total. The normalized spacial score (nSPS) is 17.5. The first-order valence-electron chi connectivity index (χ1n) is 4.53. The number of aryl methyl sites for hydroxylation is 2. The molecule has 0 bridgehead atoms. The van der Waals surface area contributed by atoms with Gasteiger partial charge in [0, 0.05) is 19.2 Å². The first kappa shape index (κ1) is 7.65. The van der Waals surface area contributed by atoms with Gasteiger partial charge >= 0.3 is 0 Å². The van der Waals surface area contributed by atoms with Crippen LogP contribution in [0.25, 0.3) is 0 Å². The van der Waals surface area contributed by atoms with E-state index in [0.29, 0.717) is 6.04 Å². The Morgan fingerprint density at radius 2 is 2.33 bits per heavy atom. The molecular formula is C9H15N3. The molecule has 0 unspecified atom stereocenters. The summed E-state index contributed by atoms with van der Waals surface area (Å²) in [4.78, 5) is 0. The second kappa shape index (κ2) is 2.81. The predicted molar refractivity (Wildman–Crippen MR) is 49.2 cm³/mol. The van der Waals surface area contributed by atoms with Crippen molar-refractivity contribution in [2.45, 2.75) is 32.2 Å². The molecule has 1 aliphatic rings. The number of hydrogen-bond donors (Lipinski definition) is 1. The van der Waals surface area contributed by atoms with E-state index in [1.165, 1.54) is 19.3 Å². The van der Waals surface area contributed by atoms with Gasteiger partial charge in [0.1, 0.15) is 5.82 Å². The average Bonchev–Trinajstić information content (AvgIpc) is 2.21. The summed E-state index contributed by atoms with van der Waals surface area (Å²) >= 11 is 0. The molecule has 0 spiro atoms. The molecule has 3 nitrogen and oxygen atoms in total. The van der Waals surface area contributed by atoms with Gasteiger partial charge in [-0.25, -0.2) is 0 Å². The minimum Gasteiger partial charge on any atom is -0.368 e. The molecule has 2 rings (SSSR count). The van der Waals surface area contributed by atoms with Crippen molar-refractivity contribution in [3.63, 3.8) is 0 Å². The molecule has 1 aromatic rings. The van der Waals surface area contributed by atoms with Crippen LogP contribution in [0, 0.1) is 6.92 Å². The Kier molecular flexibility index (Phi) is 1.79. The zero-order chi connectivity index (χ0) is 8.55. The van der Waals surface area contributed by atoms with Crippen molar-refractivity contribution in [2.24, 2.45) is 7.05 Å². The summed E-state index contributed by atoms with van der Waals surface area (Å²) in [5.41, 5.74) is 1.08. The summed E-state index contributed by atoms with van der Waals surface area (Å²) < 4.78 is 1.91. The van der Waals surface area contributed by atoms with Crippen LogP contribution in [0.2, 0.25) is 0 Å². The molecule has 0 aliphatic heterocycles. The van der Waals surface area contributed by atoms with Crippen molar-refractivity contribution in [1.82, 2.24) is 9.78 Å². The fourth-order valence-electron chi connectivity index (χ4n) is 1.51. The van der Waals surface area contributed by atoms with Crippen LogP contribution < -0.4 is 5.32 Å². The minimum absolute atomic E-state index is 0.694. The Morgan fingerprint density at radius 3 is 2.75 bits per heavy atom. The first-order valence-corrected chi connectivity index (χ1v) is 4.53. The quantitative estimate of drug-likeness (QED) is 0.722. The maximum atomic E-state index is 4.28. The van der Waals surface area contributed by atoms with Crippen LogP contribution in [-0.2, 0) is 7.05 Å². The molecule has 0 atom stereocenters. The lowest BCUT2D eigenvalue weighted by Crippen LogP contribution is -2.27. The van der Waals surface area contributed by atoms with Gasteiger partial charge in [-0.2, -0.15) is 5.10 Å². The fraction of sp³-hybridized carbons (Fsp3) is 0.667. The molecule has 0 saturated heterocycles. The van der Waals surface area contributed by atoms with Crippen LogP contribution in [0.5, 0.6) is 0 Å². The summed E-state index contributed by atoms with van der Waals surface area (Å²) in [7, 11) is 1.98. The molecule has 0 amide bonds. The molecule has 1 fully saturated rings. The highest BCUT2D eigenvalue weighted by Gasteiger charge is 2.17.